The molecule has 6 heteroatoms. The molecule has 0 saturated heterocycles. The molecule has 0 fully saturated rings. The Labute approximate surface area is 112 Å². The number of aromatic nitrogens is 1. The molecule has 0 aliphatic rings. The second-order valence-electron chi connectivity index (χ2n) is 3.11. The molecule has 1 unspecified atom stereocenters. The van der Waals surface area contributed by atoms with Crippen molar-refractivity contribution in [1.29, 1.82) is 0 Å². The highest BCUT2D eigenvalue weighted by atomic mass is 127. The average molecular weight is 349 g/mol. The Bertz CT molecular complexity index is 425. The van der Waals surface area contributed by atoms with E-state index in [1.165, 1.54) is 0 Å². The lowest BCUT2D eigenvalue weighted by molar-refractivity contribution is 0.0690. The van der Waals surface area contributed by atoms with Crippen LogP contribution < -0.4 is 0 Å². The Kier molecular flexibility index (Phi) is 5.92. The fourth-order valence-corrected chi connectivity index (χ4v) is 1.37. The van der Waals surface area contributed by atoms with Gasteiger partial charge in [-0.1, -0.05) is 40.8 Å². The van der Waals surface area contributed by atoms with Crippen LogP contribution in [0.2, 0.25) is 0 Å². The molecule has 1 aromatic heterocycles. The SMILES string of the molecule is COC(/C=C/C=C\I)Cc1nc(C(=O)O)co1. The number of carboxylic acids is 1. The average Bonchev–Trinajstić information content (AvgIpc) is 2.76. The van der Waals surface area contributed by atoms with Gasteiger partial charge in [0.2, 0.25) is 0 Å². The lowest BCUT2D eigenvalue weighted by Gasteiger charge is -2.06. The fraction of sp³-hybridized carbons (Fsp3) is 0.273. The van der Waals surface area contributed by atoms with E-state index < -0.39 is 5.97 Å². The van der Waals surface area contributed by atoms with E-state index in [9.17, 15) is 4.79 Å². The summed E-state index contributed by atoms with van der Waals surface area (Å²) in [7, 11) is 1.57. The second-order valence-corrected chi connectivity index (χ2v) is 3.83. The van der Waals surface area contributed by atoms with E-state index in [1.54, 1.807) is 7.11 Å². The molecule has 92 valence electrons. The molecule has 0 amide bonds. The third-order valence-corrected chi connectivity index (χ3v) is 2.37. The molecule has 0 aromatic carbocycles. The minimum atomic E-state index is -1.10. The van der Waals surface area contributed by atoms with E-state index in [2.05, 4.69) is 27.6 Å². The van der Waals surface area contributed by atoms with Gasteiger partial charge in [-0.25, -0.2) is 9.78 Å². The standard InChI is InChI=1S/C11H12INO4/c1-16-8(4-2-3-5-12)6-10-13-9(7-17-10)11(14)15/h2-5,7-8H,6H2,1H3,(H,14,15)/b4-2+,5-3-. The molecular weight excluding hydrogens is 337 g/mol. The zero-order valence-corrected chi connectivity index (χ0v) is 11.3. The highest BCUT2D eigenvalue weighted by Gasteiger charge is 2.13. The predicted molar refractivity (Wildman–Crippen MR) is 70.3 cm³/mol. The Morgan fingerprint density at radius 3 is 3.00 bits per heavy atom. The summed E-state index contributed by atoms with van der Waals surface area (Å²) in [6, 6.07) is 0. The summed E-state index contributed by atoms with van der Waals surface area (Å²) in [5.41, 5.74) is -0.0917. The van der Waals surface area contributed by atoms with Gasteiger partial charge in [0.25, 0.3) is 0 Å². The molecule has 0 aliphatic carbocycles. The quantitative estimate of drug-likeness (QED) is 0.631. The van der Waals surface area contributed by atoms with Gasteiger partial charge >= 0.3 is 5.97 Å². The summed E-state index contributed by atoms with van der Waals surface area (Å²) in [5.74, 6) is -0.755. The number of nitrogens with zero attached hydrogens (tertiary/aromatic N) is 1. The molecule has 0 radical (unpaired) electrons. The van der Waals surface area contributed by atoms with Crippen LogP contribution in [0.4, 0.5) is 0 Å². The Balaban J connectivity index is 2.63. The number of aromatic carboxylic acids is 1. The number of oxazole rings is 1. The molecule has 1 atom stereocenters. The molecule has 1 N–H and O–H groups in total. The van der Waals surface area contributed by atoms with E-state index in [0.29, 0.717) is 12.3 Å². The summed E-state index contributed by atoms with van der Waals surface area (Å²) in [6.07, 6.45) is 6.89. The van der Waals surface area contributed by atoms with Crippen LogP contribution in [-0.4, -0.2) is 29.3 Å². The molecule has 0 aliphatic heterocycles. The molecule has 0 bridgehead atoms. The van der Waals surface area contributed by atoms with Crippen LogP contribution in [-0.2, 0) is 11.2 Å². The van der Waals surface area contributed by atoms with E-state index in [1.807, 2.05) is 22.3 Å². The van der Waals surface area contributed by atoms with Crippen molar-refractivity contribution in [2.45, 2.75) is 12.5 Å². The van der Waals surface area contributed by atoms with Gasteiger partial charge in [-0.15, -0.1) is 0 Å². The van der Waals surface area contributed by atoms with Crippen molar-refractivity contribution in [1.82, 2.24) is 4.98 Å². The van der Waals surface area contributed by atoms with Gasteiger partial charge in [-0.05, 0) is 4.08 Å². The highest BCUT2D eigenvalue weighted by molar-refractivity contribution is 14.1. The van der Waals surface area contributed by atoms with E-state index in [0.717, 1.165) is 6.26 Å². The van der Waals surface area contributed by atoms with E-state index in [4.69, 9.17) is 14.3 Å². The zero-order valence-electron chi connectivity index (χ0n) is 9.17. The monoisotopic (exact) mass is 349 g/mol. The molecule has 1 rings (SSSR count). The van der Waals surface area contributed by atoms with Crippen LogP contribution in [0.15, 0.2) is 33.0 Å². The van der Waals surface area contributed by atoms with Crippen LogP contribution >= 0.6 is 22.6 Å². The van der Waals surface area contributed by atoms with Crippen molar-refractivity contribution in [2.75, 3.05) is 7.11 Å². The van der Waals surface area contributed by atoms with Crippen molar-refractivity contribution in [3.8, 4) is 0 Å². The van der Waals surface area contributed by atoms with Crippen LogP contribution in [0.1, 0.15) is 16.4 Å². The van der Waals surface area contributed by atoms with Crippen molar-refractivity contribution in [3.63, 3.8) is 0 Å². The third kappa shape index (κ3) is 4.70. The maximum absolute atomic E-state index is 10.6. The Morgan fingerprint density at radius 1 is 1.71 bits per heavy atom. The number of methoxy groups -OCH3 is 1. The second kappa shape index (κ2) is 7.23. The highest BCUT2D eigenvalue weighted by Crippen LogP contribution is 2.08. The Morgan fingerprint density at radius 2 is 2.47 bits per heavy atom. The van der Waals surface area contributed by atoms with Gasteiger partial charge in [-0.2, -0.15) is 0 Å². The first-order chi connectivity index (χ1) is 8.17. The van der Waals surface area contributed by atoms with E-state index in [-0.39, 0.29) is 11.8 Å². The predicted octanol–water partition coefficient (Wildman–Crippen LogP) is 2.44. The maximum Gasteiger partial charge on any atom is 0.357 e. The van der Waals surface area contributed by atoms with Gasteiger partial charge in [0.15, 0.2) is 11.6 Å². The molecule has 17 heavy (non-hydrogen) atoms. The number of hydrogen-bond donors (Lipinski definition) is 1. The first kappa shape index (κ1) is 13.9. The number of rotatable bonds is 6. The van der Waals surface area contributed by atoms with Gasteiger partial charge in [0, 0.05) is 7.11 Å². The number of halogens is 1. The largest absolute Gasteiger partial charge is 0.476 e. The van der Waals surface area contributed by atoms with Crippen LogP contribution in [0, 0.1) is 0 Å². The number of allylic oxidation sites excluding steroid dienone is 2. The minimum absolute atomic E-state index is 0.0917. The molecular formula is C11H12INO4. The molecule has 0 spiro atoms. The topological polar surface area (TPSA) is 72.6 Å². The number of ether oxygens (including phenoxy) is 1. The number of hydrogen-bond acceptors (Lipinski definition) is 4. The van der Waals surface area contributed by atoms with Gasteiger partial charge < -0.3 is 14.3 Å². The van der Waals surface area contributed by atoms with Gasteiger partial charge in [-0.3, -0.25) is 0 Å². The summed E-state index contributed by atoms with van der Waals surface area (Å²) < 4.78 is 12.1. The van der Waals surface area contributed by atoms with Crippen molar-refractivity contribution < 1.29 is 19.1 Å². The van der Waals surface area contributed by atoms with Crippen LogP contribution in [0.25, 0.3) is 0 Å². The number of carboxylic acid groups (broad SMARTS) is 1. The normalized spacial score (nSPS) is 13.5. The lowest BCUT2D eigenvalue weighted by atomic mass is 10.2. The zero-order chi connectivity index (χ0) is 12.7. The van der Waals surface area contributed by atoms with Crippen LogP contribution in [0.5, 0.6) is 0 Å². The van der Waals surface area contributed by atoms with Crippen molar-refractivity contribution in [3.05, 3.63) is 40.2 Å². The Hall–Kier alpha value is -1.15. The van der Waals surface area contributed by atoms with Crippen LogP contribution in [0.3, 0.4) is 0 Å². The van der Waals surface area contributed by atoms with Crippen molar-refractivity contribution in [2.24, 2.45) is 0 Å². The number of carbonyl (C=O) groups is 1. The summed E-state index contributed by atoms with van der Waals surface area (Å²) >= 11 is 2.11. The molecule has 1 aromatic rings. The lowest BCUT2D eigenvalue weighted by Crippen LogP contribution is -2.11. The molecule has 0 saturated carbocycles. The minimum Gasteiger partial charge on any atom is -0.476 e. The maximum atomic E-state index is 10.6. The third-order valence-electron chi connectivity index (χ3n) is 1.96. The summed E-state index contributed by atoms with van der Waals surface area (Å²) in [4.78, 5) is 14.4. The van der Waals surface area contributed by atoms with Crippen molar-refractivity contribution >= 4 is 28.6 Å². The van der Waals surface area contributed by atoms with Gasteiger partial charge in [0.1, 0.15) is 6.26 Å². The fourth-order valence-electron chi connectivity index (χ4n) is 1.13. The summed E-state index contributed by atoms with van der Waals surface area (Å²) in [5, 5.41) is 8.69. The molecule has 5 nitrogen and oxygen atoms in total. The first-order valence-electron chi connectivity index (χ1n) is 4.81. The first-order valence-corrected chi connectivity index (χ1v) is 6.06. The molecule has 1 heterocycles. The van der Waals surface area contributed by atoms with Gasteiger partial charge in [0.05, 0.1) is 12.5 Å². The summed E-state index contributed by atoms with van der Waals surface area (Å²) in [6.45, 7) is 0. The van der Waals surface area contributed by atoms with E-state index >= 15 is 0 Å². The smallest absolute Gasteiger partial charge is 0.357 e.